The van der Waals surface area contributed by atoms with Crippen LogP contribution in [-0.2, 0) is 16.0 Å². The maximum Gasteiger partial charge on any atom is 0.415 e. The van der Waals surface area contributed by atoms with E-state index in [0.29, 0.717) is 18.4 Å². The molecule has 8 heteroatoms. The van der Waals surface area contributed by atoms with Crippen LogP contribution in [0.15, 0.2) is 36.5 Å². The maximum atomic E-state index is 12.3. The highest BCUT2D eigenvalue weighted by atomic mass is 16.6. The maximum absolute atomic E-state index is 12.3. The Hall–Kier alpha value is -2.71. The Morgan fingerprint density at radius 3 is 2.45 bits per heavy atom. The van der Waals surface area contributed by atoms with Crippen molar-refractivity contribution in [2.24, 2.45) is 5.92 Å². The molecule has 0 bridgehead atoms. The van der Waals surface area contributed by atoms with E-state index < -0.39 is 0 Å². The van der Waals surface area contributed by atoms with Gasteiger partial charge in [-0.2, -0.15) is 4.98 Å². The zero-order valence-corrected chi connectivity index (χ0v) is 20.2. The topological polar surface area (TPSA) is 79.8 Å². The number of morpholine rings is 1. The van der Waals surface area contributed by atoms with Gasteiger partial charge in [0.1, 0.15) is 12.4 Å². The smallest absolute Gasteiger partial charge is 0.415 e. The van der Waals surface area contributed by atoms with Crippen LogP contribution in [-0.4, -0.2) is 58.9 Å². The molecular formula is C25H35N5O3. The second kappa shape index (κ2) is 10.1. The number of amides is 1. The highest BCUT2D eigenvalue weighted by Crippen LogP contribution is 2.27. The summed E-state index contributed by atoms with van der Waals surface area (Å²) in [5.74, 6) is 1.32. The zero-order chi connectivity index (χ0) is 23.5. The third kappa shape index (κ3) is 5.62. The Bertz CT molecular complexity index is 941. The SMILES string of the molecule is CC(C)C1COC(=O)N1c1ccnc(N[C@@H](C)c2ccc(CN3C[C@@H](C)O[C@@H](C)C3)cc2)n1. The molecule has 2 aliphatic heterocycles. The van der Waals surface area contributed by atoms with Crippen LogP contribution in [0.4, 0.5) is 16.6 Å². The fourth-order valence-electron chi connectivity index (χ4n) is 4.60. The van der Waals surface area contributed by atoms with E-state index in [1.54, 1.807) is 17.2 Å². The third-order valence-corrected chi connectivity index (χ3v) is 6.29. The van der Waals surface area contributed by atoms with E-state index in [9.17, 15) is 4.79 Å². The monoisotopic (exact) mass is 453 g/mol. The number of benzene rings is 1. The quantitative estimate of drug-likeness (QED) is 0.672. The summed E-state index contributed by atoms with van der Waals surface area (Å²) in [7, 11) is 0. The predicted octanol–water partition coefficient (Wildman–Crippen LogP) is 4.24. The molecular weight excluding hydrogens is 418 g/mol. The molecule has 1 amide bonds. The van der Waals surface area contributed by atoms with Crippen LogP contribution in [0.5, 0.6) is 0 Å². The Labute approximate surface area is 196 Å². The number of aromatic nitrogens is 2. The lowest BCUT2D eigenvalue weighted by Gasteiger charge is -2.35. The Balaban J connectivity index is 1.40. The largest absolute Gasteiger partial charge is 0.447 e. The normalized spacial score (nSPS) is 24.7. The molecule has 178 valence electrons. The van der Waals surface area contributed by atoms with Crippen LogP contribution in [0, 0.1) is 5.92 Å². The highest BCUT2D eigenvalue weighted by Gasteiger charge is 2.37. The highest BCUT2D eigenvalue weighted by molar-refractivity contribution is 5.89. The van der Waals surface area contributed by atoms with Crippen molar-refractivity contribution in [3.8, 4) is 0 Å². The van der Waals surface area contributed by atoms with E-state index >= 15 is 0 Å². The molecule has 4 rings (SSSR count). The van der Waals surface area contributed by atoms with Crippen LogP contribution in [0.1, 0.15) is 51.8 Å². The first-order valence-corrected chi connectivity index (χ1v) is 11.8. The first-order valence-electron chi connectivity index (χ1n) is 11.8. The summed E-state index contributed by atoms with van der Waals surface area (Å²) in [5, 5.41) is 3.37. The van der Waals surface area contributed by atoms with Crippen LogP contribution in [0.3, 0.4) is 0 Å². The summed E-state index contributed by atoms with van der Waals surface area (Å²) in [5.41, 5.74) is 2.44. The lowest BCUT2D eigenvalue weighted by atomic mass is 10.0. The van der Waals surface area contributed by atoms with Crippen molar-refractivity contribution in [2.75, 3.05) is 29.9 Å². The number of nitrogens with zero attached hydrogens (tertiary/aromatic N) is 4. The fourth-order valence-corrected chi connectivity index (χ4v) is 4.60. The van der Waals surface area contributed by atoms with Gasteiger partial charge in [0.15, 0.2) is 0 Å². The van der Waals surface area contributed by atoms with Gasteiger partial charge in [-0.25, -0.2) is 9.78 Å². The molecule has 0 aliphatic carbocycles. The van der Waals surface area contributed by atoms with Crippen LogP contribution < -0.4 is 10.2 Å². The molecule has 0 radical (unpaired) electrons. The first-order chi connectivity index (χ1) is 15.8. The second-order valence-electron chi connectivity index (χ2n) is 9.56. The number of cyclic esters (lactones) is 1. The second-order valence-corrected chi connectivity index (χ2v) is 9.56. The van der Waals surface area contributed by atoms with Gasteiger partial charge in [0.2, 0.25) is 5.95 Å². The Morgan fingerprint density at radius 1 is 1.09 bits per heavy atom. The van der Waals surface area contributed by atoms with Crippen molar-refractivity contribution in [1.29, 1.82) is 0 Å². The Kier molecular flexibility index (Phi) is 7.14. The lowest BCUT2D eigenvalue weighted by molar-refractivity contribution is -0.0704. The molecule has 1 unspecified atom stereocenters. The van der Waals surface area contributed by atoms with E-state index in [1.165, 1.54) is 5.56 Å². The minimum Gasteiger partial charge on any atom is -0.447 e. The number of ether oxygens (including phenoxy) is 2. The van der Waals surface area contributed by atoms with Gasteiger partial charge in [0.05, 0.1) is 24.3 Å². The zero-order valence-electron chi connectivity index (χ0n) is 20.2. The summed E-state index contributed by atoms with van der Waals surface area (Å²) in [6, 6.07) is 10.4. The van der Waals surface area contributed by atoms with E-state index in [1.807, 2.05) is 0 Å². The molecule has 1 aromatic heterocycles. The van der Waals surface area contributed by atoms with E-state index in [2.05, 4.69) is 79.1 Å². The van der Waals surface area contributed by atoms with Crippen molar-refractivity contribution < 1.29 is 14.3 Å². The molecule has 1 N–H and O–H groups in total. The predicted molar refractivity (Wildman–Crippen MR) is 128 cm³/mol. The van der Waals surface area contributed by atoms with Gasteiger partial charge in [0, 0.05) is 25.8 Å². The van der Waals surface area contributed by atoms with E-state index in [0.717, 1.165) is 25.2 Å². The number of rotatable bonds is 7. The summed E-state index contributed by atoms with van der Waals surface area (Å²) in [6.45, 7) is 13.7. The lowest BCUT2D eigenvalue weighted by Crippen LogP contribution is -2.44. The number of anilines is 2. The Morgan fingerprint density at radius 2 is 1.79 bits per heavy atom. The van der Waals surface area contributed by atoms with Crippen molar-refractivity contribution in [3.05, 3.63) is 47.7 Å². The van der Waals surface area contributed by atoms with Crippen molar-refractivity contribution in [2.45, 2.75) is 65.5 Å². The number of hydrogen-bond acceptors (Lipinski definition) is 7. The number of carbonyl (C=O) groups is 1. The van der Waals surface area contributed by atoms with Crippen LogP contribution in [0.25, 0.3) is 0 Å². The molecule has 4 atom stereocenters. The number of nitrogens with one attached hydrogen (secondary N) is 1. The van der Waals surface area contributed by atoms with Gasteiger partial charge in [-0.1, -0.05) is 38.1 Å². The van der Waals surface area contributed by atoms with Crippen molar-refractivity contribution in [3.63, 3.8) is 0 Å². The van der Waals surface area contributed by atoms with Gasteiger partial charge in [-0.15, -0.1) is 0 Å². The molecule has 2 fully saturated rings. The average molecular weight is 454 g/mol. The first kappa shape index (κ1) is 23.4. The molecule has 0 spiro atoms. The fraction of sp³-hybridized carbons (Fsp3) is 0.560. The molecule has 2 aliphatic rings. The van der Waals surface area contributed by atoms with Gasteiger partial charge < -0.3 is 14.8 Å². The van der Waals surface area contributed by atoms with Crippen molar-refractivity contribution in [1.82, 2.24) is 14.9 Å². The summed E-state index contributed by atoms with van der Waals surface area (Å²) in [4.78, 5) is 25.3. The molecule has 3 heterocycles. The molecule has 2 saturated heterocycles. The summed E-state index contributed by atoms with van der Waals surface area (Å²) < 4.78 is 11.1. The average Bonchev–Trinajstić information content (AvgIpc) is 3.15. The summed E-state index contributed by atoms with van der Waals surface area (Å²) in [6.07, 6.45) is 1.86. The number of hydrogen-bond donors (Lipinski definition) is 1. The number of carbonyl (C=O) groups excluding carboxylic acids is 1. The van der Waals surface area contributed by atoms with Gasteiger partial charge >= 0.3 is 6.09 Å². The van der Waals surface area contributed by atoms with E-state index in [4.69, 9.17) is 9.47 Å². The third-order valence-electron chi connectivity index (χ3n) is 6.29. The van der Waals surface area contributed by atoms with Crippen LogP contribution in [0.2, 0.25) is 0 Å². The molecule has 8 nitrogen and oxygen atoms in total. The molecule has 2 aromatic rings. The van der Waals surface area contributed by atoms with E-state index in [-0.39, 0.29) is 36.3 Å². The minimum absolute atomic E-state index is 0.0177. The molecule has 33 heavy (non-hydrogen) atoms. The minimum atomic E-state index is -0.356. The van der Waals surface area contributed by atoms with Gasteiger partial charge in [-0.05, 0) is 43.9 Å². The van der Waals surface area contributed by atoms with Crippen molar-refractivity contribution >= 4 is 17.9 Å². The molecule has 1 aromatic carbocycles. The van der Waals surface area contributed by atoms with Crippen LogP contribution >= 0.6 is 0 Å². The summed E-state index contributed by atoms with van der Waals surface area (Å²) >= 11 is 0. The van der Waals surface area contributed by atoms with Gasteiger partial charge in [0.25, 0.3) is 0 Å². The van der Waals surface area contributed by atoms with Gasteiger partial charge in [-0.3, -0.25) is 9.80 Å². The standard InChI is InChI=1S/C25H35N5O3/c1-16(2)22-15-32-25(31)30(22)23-10-11-26-24(28-23)27-19(5)21-8-6-20(7-9-21)14-29-12-17(3)33-18(4)13-29/h6-11,16-19,22H,12-15H2,1-5H3,(H,26,27,28)/t17-,18+,19-,22?/m0/s1. The molecule has 0 saturated carbocycles.